The number of nitrogens with zero attached hydrogens (tertiary/aromatic N) is 3. The Balaban J connectivity index is 1.83. The summed E-state index contributed by atoms with van der Waals surface area (Å²) in [5.41, 5.74) is 2.77. The molecule has 0 amide bonds. The topological polar surface area (TPSA) is 42.2 Å². The fourth-order valence-electron chi connectivity index (χ4n) is 3.26. The molecule has 1 saturated heterocycles. The third-order valence-corrected chi connectivity index (χ3v) is 4.57. The summed E-state index contributed by atoms with van der Waals surface area (Å²) in [6.07, 6.45) is 4.93. The molecule has 21 heavy (non-hydrogen) atoms. The van der Waals surface area contributed by atoms with Gasteiger partial charge in [0.05, 0.1) is 0 Å². The van der Waals surface area contributed by atoms with Gasteiger partial charge < -0.3 is 9.32 Å². The molecule has 106 valence electrons. The molecule has 4 heteroatoms. The predicted molar refractivity (Wildman–Crippen MR) is 82.7 cm³/mol. The average molecular weight is 279 g/mol. The lowest BCUT2D eigenvalue weighted by molar-refractivity contribution is 0.661. The van der Waals surface area contributed by atoms with E-state index in [1.807, 2.05) is 18.2 Å². The Morgan fingerprint density at radius 2 is 1.86 bits per heavy atom. The summed E-state index contributed by atoms with van der Waals surface area (Å²) in [6.45, 7) is 2.15. The largest absolute Gasteiger partial charge is 0.450 e. The summed E-state index contributed by atoms with van der Waals surface area (Å²) in [5.74, 6) is 2.58. The van der Waals surface area contributed by atoms with Gasteiger partial charge in [-0.15, -0.1) is 0 Å². The highest BCUT2D eigenvalue weighted by Crippen LogP contribution is 2.41. The van der Waals surface area contributed by atoms with Crippen LogP contribution in [-0.4, -0.2) is 23.1 Å². The standard InChI is InChI=1S/C17H17N3O/c1-2-6-13-12(5-1)14-15(21-13)17(20-9-3-4-10-20)19-16(18-14)11-7-8-11/h1-2,5-6,11H,3-4,7-10H2. The number of hydrogen-bond acceptors (Lipinski definition) is 4. The van der Waals surface area contributed by atoms with Gasteiger partial charge in [0.25, 0.3) is 0 Å². The van der Waals surface area contributed by atoms with Crippen molar-refractivity contribution in [2.45, 2.75) is 31.6 Å². The fourth-order valence-corrected chi connectivity index (χ4v) is 3.26. The van der Waals surface area contributed by atoms with Gasteiger partial charge in [0.2, 0.25) is 0 Å². The van der Waals surface area contributed by atoms with Crippen LogP contribution in [0.3, 0.4) is 0 Å². The summed E-state index contributed by atoms with van der Waals surface area (Å²) in [4.78, 5) is 12.0. The molecular weight excluding hydrogens is 262 g/mol. The van der Waals surface area contributed by atoms with E-state index in [9.17, 15) is 0 Å². The highest BCUT2D eigenvalue weighted by Gasteiger charge is 2.30. The molecular formula is C17H17N3O. The molecule has 0 spiro atoms. The molecule has 3 aromatic rings. The Labute approximate surface area is 122 Å². The molecule has 0 atom stereocenters. The van der Waals surface area contributed by atoms with E-state index in [-0.39, 0.29) is 0 Å². The zero-order chi connectivity index (χ0) is 13.8. The van der Waals surface area contributed by atoms with E-state index in [1.54, 1.807) is 0 Å². The van der Waals surface area contributed by atoms with E-state index in [0.29, 0.717) is 5.92 Å². The third-order valence-electron chi connectivity index (χ3n) is 4.57. The molecule has 0 N–H and O–H groups in total. The van der Waals surface area contributed by atoms with Gasteiger partial charge in [-0.05, 0) is 37.8 Å². The normalized spacial score (nSPS) is 19.0. The van der Waals surface area contributed by atoms with Crippen molar-refractivity contribution in [3.05, 3.63) is 30.1 Å². The molecule has 2 aromatic heterocycles. The van der Waals surface area contributed by atoms with E-state index in [0.717, 1.165) is 46.8 Å². The predicted octanol–water partition coefficient (Wildman–Crippen LogP) is 3.85. The Morgan fingerprint density at radius 3 is 2.67 bits per heavy atom. The average Bonchev–Trinajstić information content (AvgIpc) is 3.10. The van der Waals surface area contributed by atoms with Crippen molar-refractivity contribution in [3.8, 4) is 0 Å². The Kier molecular flexibility index (Phi) is 2.31. The number of fused-ring (bicyclic) bond motifs is 3. The van der Waals surface area contributed by atoms with Crippen LogP contribution in [-0.2, 0) is 0 Å². The van der Waals surface area contributed by atoms with Crippen molar-refractivity contribution in [3.63, 3.8) is 0 Å². The maximum absolute atomic E-state index is 6.08. The smallest absolute Gasteiger partial charge is 0.196 e. The van der Waals surface area contributed by atoms with Crippen molar-refractivity contribution in [1.29, 1.82) is 0 Å². The SMILES string of the molecule is c1ccc2c(c1)oc1c(N3CCCC3)nc(C3CC3)nc12. The van der Waals surface area contributed by atoms with Gasteiger partial charge in [0, 0.05) is 24.4 Å². The van der Waals surface area contributed by atoms with Gasteiger partial charge in [-0.2, -0.15) is 0 Å². The van der Waals surface area contributed by atoms with Crippen LogP contribution in [0.25, 0.3) is 22.1 Å². The molecule has 2 aliphatic rings. The van der Waals surface area contributed by atoms with Gasteiger partial charge in [-0.1, -0.05) is 12.1 Å². The molecule has 4 nitrogen and oxygen atoms in total. The molecule has 1 aromatic carbocycles. The lowest BCUT2D eigenvalue weighted by atomic mass is 10.2. The van der Waals surface area contributed by atoms with Crippen molar-refractivity contribution in [2.24, 2.45) is 0 Å². The van der Waals surface area contributed by atoms with E-state index in [2.05, 4.69) is 11.0 Å². The first-order valence-corrected chi connectivity index (χ1v) is 7.84. The number of rotatable bonds is 2. The van der Waals surface area contributed by atoms with Crippen LogP contribution in [0.4, 0.5) is 5.82 Å². The van der Waals surface area contributed by atoms with Gasteiger partial charge in [-0.3, -0.25) is 0 Å². The molecule has 0 radical (unpaired) electrons. The molecule has 1 aliphatic carbocycles. The quantitative estimate of drug-likeness (QED) is 0.714. The molecule has 5 rings (SSSR count). The van der Waals surface area contributed by atoms with Gasteiger partial charge in [-0.25, -0.2) is 9.97 Å². The number of hydrogen-bond donors (Lipinski definition) is 0. The number of anilines is 1. The fraction of sp³-hybridized carbons (Fsp3) is 0.412. The van der Waals surface area contributed by atoms with E-state index >= 15 is 0 Å². The number of para-hydroxylation sites is 1. The van der Waals surface area contributed by atoms with Gasteiger partial charge in [0.15, 0.2) is 11.4 Å². The maximum Gasteiger partial charge on any atom is 0.196 e. The summed E-state index contributed by atoms with van der Waals surface area (Å²) in [6, 6.07) is 8.17. The van der Waals surface area contributed by atoms with Crippen LogP contribution in [0.15, 0.2) is 28.7 Å². The zero-order valence-electron chi connectivity index (χ0n) is 11.9. The van der Waals surface area contributed by atoms with E-state index in [4.69, 9.17) is 14.4 Å². The Morgan fingerprint density at radius 1 is 1.05 bits per heavy atom. The highest BCUT2D eigenvalue weighted by atomic mass is 16.3. The second-order valence-corrected chi connectivity index (χ2v) is 6.15. The van der Waals surface area contributed by atoms with Gasteiger partial charge >= 0.3 is 0 Å². The molecule has 1 saturated carbocycles. The van der Waals surface area contributed by atoms with Crippen LogP contribution in [0.2, 0.25) is 0 Å². The molecule has 3 heterocycles. The van der Waals surface area contributed by atoms with Crippen molar-refractivity contribution in [1.82, 2.24) is 9.97 Å². The third kappa shape index (κ3) is 1.75. The van der Waals surface area contributed by atoms with Crippen LogP contribution >= 0.6 is 0 Å². The van der Waals surface area contributed by atoms with Crippen molar-refractivity contribution < 1.29 is 4.42 Å². The van der Waals surface area contributed by atoms with Gasteiger partial charge in [0.1, 0.15) is 16.9 Å². The number of aromatic nitrogens is 2. The van der Waals surface area contributed by atoms with Crippen LogP contribution in [0.5, 0.6) is 0 Å². The molecule has 1 aliphatic heterocycles. The molecule has 2 fully saturated rings. The lowest BCUT2D eigenvalue weighted by Gasteiger charge is -2.16. The number of furan rings is 1. The maximum atomic E-state index is 6.08. The van der Waals surface area contributed by atoms with Crippen molar-refractivity contribution in [2.75, 3.05) is 18.0 Å². The minimum Gasteiger partial charge on any atom is -0.450 e. The molecule has 0 bridgehead atoms. The minimum absolute atomic E-state index is 0.560. The molecule has 0 unspecified atom stereocenters. The second kappa shape index (κ2) is 4.20. The highest BCUT2D eigenvalue weighted by molar-refractivity contribution is 6.05. The summed E-state index contributed by atoms with van der Waals surface area (Å²) in [5, 5.41) is 1.11. The summed E-state index contributed by atoms with van der Waals surface area (Å²) >= 11 is 0. The first-order valence-electron chi connectivity index (χ1n) is 7.84. The monoisotopic (exact) mass is 279 g/mol. The van der Waals surface area contributed by atoms with E-state index < -0.39 is 0 Å². The summed E-state index contributed by atoms with van der Waals surface area (Å²) in [7, 11) is 0. The van der Waals surface area contributed by atoms with Crippen LogP contribution < -0.4 is 4.90 Å². The second-order valence-electron chi connectivity index (χ2n) is 6.15. The zero-order valence-corrected chi connectivity index (χ0v) is 11.9. The van der Waals surface area contributed by atoms with Crippen LogP contribution in [0.1, 0.15) is 37.4 Å². The first kappa shape index (κ1) is 11.5. The number of benzene rings is 1. The minimum atomic E-state index is 0.560. The Hall–Kier alpha value is -2.10. The summed E-state index contributed by atoms with van der Waals surface area (Å²) < 4.78 is 6.08. The van der Waals surface area contributed by atoms with Crippen molar-refractivity contribution >= 4 is 27.9 Å². The first-order chi connectivity index (χ1) is 10.4. The Bertz CT molecular complexity index is 829. The lowest BCUT2D eigenvalue weighted by Crippen LogP contribution is -2.20. The van der Waals surface area contributed by atoms with Crippen LogP contribution in [0, 0.1) is 0 Å². The van der Waals surface area contributed by atoms with E-state index in [1.165, 1.54) is 25.7 Å².